The summed E-state index contributed by atoms with van der Waals surface area (Å²) in [6.45, 7) is 3.89. The first-order chi connectivity index (χ1) is 9.43. The van der Waals surface area contributed by atoms with Crippen molar-refractivity contribution in [3.8, 4) is 5.75 Å². The van der Waals surface area contributed by atoms with Crippen LogP contribution in [0.4, 0.5) is 0 Å². The van der Waals surface area contributed by atoms with Gasteiger partial charge in [0.1, 0.15) is 11.9 Å². The molecule has 2 nitrogen and oxygen atoms in total. The van der Waals surface area contributed by atoms with Crippen LogP contribution in [0.2, 0.25) is 10.0 Å². The minimum absolute atomic E-state index is 0.494. The molecule has 0 aromatic heterocycles. The summed E-state index contributed by atoms with van der Waals surface area (Å²) in [7, 11) is 1.64. The van der Waals surface area contributed by atoms with Gasteiger partial charge in [-0.1, -0.05) is 23.2 Å². The highest BCUT2D eigenvalue weighted by atomic mass is 35.5. The molecular weight excluding hydrogens is 295 g/mol. The number of rotatable bonds is 3. The van der Waals surface area contributed by atoms with Crippen molar-refractivity contribution in [2.24, 2.45) is 0 Å². The van der Waals surface area contributed by atoms with Crippen molar-refractivity contribution in [2.75, 3.05) is 7.11 Å². The summed E-state index contributed by atoms with van der Waals surface area (Å²) in [6, 6.07) is 8.86. The summed E-state index contributed by atoms with van der Waals surface area (Å²) >= 11 is 12.1. The number of ether oxygens (including phenoxy) is 1. The van der Waals surface area contributed by atoms with Crippen LogP contribution in [0, 0.1) is 13.8 Å². The van der Waals surface area contributed by atoms with E-state index in [1.165, 1.54) is 0 Å². The first-order valence-corrected chi connectivity index (χ1v) is 6.97. The summed E-state index contributed by atoms with van der Waals surface area (Å²) in [5.74, 6) is 0.832. The molecule has 0 fully saturated rings. The first-order valence-electron chi connectivity index (χ1n) is 6.22. The Labute approximate surface area is 128 Å². The molecule has 2 aromatic carbocycles. The van der Waals surface area contributed by atoms with E-state index in [1.807, 2.05) is 26.0 Å². The predicted molar refractivity (Wildman–Crippen MR) is 83.0 cm³/mol. The van der Waals surface area contributed by atoms with Gasteiger partial charge in [0, 0.05) is 15.6 Å². The lowest BCUT2D eigenvalue weighted by atomic mass is 9.97. The molecule has 0 heterocycles. The van der Waals surface area contributed by atoms with E-state index in [0.717, 1.165) is 22.4 Å². The van der Waals surface area contributed by atoms with Gasteiger partial charge in [0.05, 0.1) is 7.11 Å². The second kappa shape index (κ2) is 6.04. The molecular formula is C16H16Cl2O2. The lowest BCUT2D eigenvalue weighted by Gasteiger charge is -2.17. The molecule has 4 heteroatoms. The molecule has 1 N–H and O–H groups in total. The van der Waals surface area contributed by atoms with Crippen molar-refractivity contribution in [2.45, 2.75) is 20.0 Å². The topological polar surface area (TPSA) is 29.5 Å². The maximum Gasteiger partial charge on any atom is 0.124 e. The molecule has 0 amide bonds. The number of hydrogen-bond donors (Lipinski definition) is 1. The Morgan fingerprint density at radius 3 is 2.20 bits per heavy atom. The van der Waals surface area contributed by atoms with Crippen molar-refractivity contribution in [1.82, 2.24) is 0 Å². The largest absolute Gasteiger partial charge is 0.496 e. The van der Waals surface area contributed by atoms with Gasteiger partial charge in [-0.25, -0.2) is 0 Å². The zero-order valence-electron chi connectivity index (χ0n) is 11.6. The first kappa shape index (κ1) is 15.2. The van der Waals surface area contributed by atoms with Crippen LogP contribution < -0.4 is 4.74 Å². The molecule has 20 heavy (non-hydrogen) atoms. The van der Waals surface area contributed by atoms with Crippen LogP contribution >= 0.6 is 23.2 Å². The van der Waals surface area contributed by atoms with E-state index in [9.17, 15) is 5.11 Å². The fourth-order valence-corrected chi connectivity index (χ4v) is 2.77. The molecule has 1 unspecified atom stereocenters. The maximum absolute atomic E-state index is 10.5. The number of hydrogen-bond acceptors (Lipinski definition) is 2. The van der Waals surface area contributed by atoms with Gasteiger partial charge in [0.2, 0.25) is 0 Å². The van der Waals surface area contributed by atoms with Gasteiger partial charge in [0.15, 0.2) is 0 Å². The third kappa shape index (κ3) is 2.93. The summed E-state index contributed by atoms with van der Waals surface area (Å²) in [5, 5.41) is 11.6. The van der Waals surface area contributed by atoms with E-state index >= 15 is 0 Å². The number of aliphatic hydroxyl groups excluding tert-OH is 1. The highest BCUT2D eigenvalue weighted by molar-refractivity contribution is 6.33. The molecule has 0 radical (unpaired) electrons. The van der Waals surface area contributed by atoms with E-state index in [0.29, 0.717) is 15.6 Å². The van der Waals surface area contributed by atoms with Crippen molar-refractivity contribution in [3.05, 3.63) is 62.6 Å². The number of halogens is 2. The van der Waals surface area contributed by atoms with Crippen molar-refractivity contribution < 1.29 is 9.84 Å². The van der Waals surface area contributed by atoms with Crippen LogP contribution in [-0.2, 0) is 0 Å². The van der Waals surface area contributed by atoms with E-state index in [-0.39, 0.29) is 0 Å². The van der Waals surface area contributed by atoms with E-state index < -0.39 is 6.10 Å². The van der Waals surface area contributed by atoms with Gasteiger partial charge in [0.25, 0.3) is 0 Å². The van der Waals surface area contributed by atoms with Gasteiger partial charge in [-0.3, -0.25) is 0 Å². The normalized spacial score (nSPS) is 12.3. The summed E-state index contributed by atoms with van der Waals surface area (Å²) in [4.78, 5) is 0. The lowest BCUT2D eigenvalue weighted by Crippen LogP contribution is -2.03. The second-order valence-corrected chi connectivity index (χ2v) is 5.60. The Morgan fingerprint density at radius 2 is 1.65 bits per heavy atom. The number of aliphatic hydroxyl groups is 1. The predicted octanol–water partition coefficient (Wildman–Crippen LogP) is 4.70. The summed E-state index contributed by atoms with van der Waals surface area (Å²) in [5.41, 5.74) is 3.31. The molecule has 0 saturated heterocycles. The molecule has 0 aliphatic carbocycles. The third-order valence-electron chi connectivity index (χ3n) is 3.26. The zero-order chi connectivity index (χ0) is 14.9. The Bertz CT molecular complexity index is 615. The minimum Gasteiger partial charge on any atom is -0.496 e. The van der Waals surface area contributed by atoms with E-state index in [2.05, 4.69) is 0 Å². The second-order valence-electron chi connectivity index (χ2n) is 4.76. The number of methoxy groups -OCH3 is 1. The monoisotopic (exact) mass is 310 g/mol. The Morgan fingerprint density at radius 1 is 1.05 bits per heavy atom. The van der Waals surface area contributed by atoms with Crippen LogP contribution in [0.1, 0.15) is 28.4 Å². The lowest BCUT2D eigenvalue weighted by molar-refractivity contribution is 0.220. The summed E-state index contributed by atoms with van der Waals surface area (Å²) < 4.78 is 5.33. The van der Waals surface area contributed by atoms with Crippen molar-refractivity contribution >= 4 is 23.2 Å². The maximum atomic E-state index is 10.5. The Kier molecular flexibility index (Phi) is 4.59. The SMILES string of the molecule is COc1c(C)cc(C(O)c2cc(Cl)ccc2Cl)cc1C. The van der Waals surface area contributed by atoms with E-state index in [1.54, 1.807) is 25.3 Å². The van der Waals surface area contributed by atoms with Gasteiger partial charge in [-0.15, -0.1) is 0 Å². The zero-order valence-corrected chi connectivity index (χ0v) is 13.1. The standard InChI is InChI=1S/C16H16Cl2O2/c1-9-6-11(7-10(2)16(9)20-3)15(19)13-8-12(17)4-5-14(13)18/h4-8,15,19H,1-3H3. The van der Waals surface area contributed by atoms with Crippen LogP contribution in [0.3, 0.4) is 0 Å². The molecule has 0 aliphatic rings. The molecule has 106 valence electrons. The fraction of sp³-hybridized carbons (Fsp3) is 0.250. The van der Waals surface area contributed by atoms with Gasteiger partial charge in [-0.2, -0.15) is 0 Å². The van der Waals surface area contributed by atoms with E-state index in [4.69, 9.17) is 27.9 Å². The molecule has 0 spiro atoms. The van der Waals surface area contributed by atoms with Crippen molar-refractivity contribution in [3.63, 3.8) is 0 Å². The molecule has 1 atom stereocenters. The average molecular weight is 311 g/mol. The van der Waals surface area contributed by atoms with Gasteiger partial charge in [-0.05, 0) is 60.9 Å². The fourth-order valence-electron chi connectivity index (χ4n) is 2.37. The molecule has 0 aliphatic heterocycles. The molecule has 2 aromatic rings. The average Bonchev–Trinajstić information content (AvgIpc) is 2.40. The number of benzene rings is 2. The third-order valence-corrected chi connectivity index (χ3v) is 3.83. The smallest absolute Gasteiger partial charge is 0.124 e. The van der Waals surface area contributed by atoms with Crippen LogP contribution in [0.5, 0.6) is 5.75 Å². The molecule has 2 rings (SSSR count). The Balaban J connectivity index is 2.48. The quantitative estimate of drug-likeness (QED) is 0.890. The van der Waals surface area contributed by atoms with Gasteiger partial charge < -0.3 is 9.84 Å². The highest BCUT2D eigenvalue weighted by Gasteiger charge is 2.17. The van der Waals surface area contributed by atoms with Crippen LogP contribution in [0.15, 0.2) is 30.3 Å². The van der Waals surface area contributed by atoms with Gasteiger partial charge >= 0.3 is 0 Å². The Hall–Kier alpha value is -1.22. The molecule has 0 bridgehead atoms. The van der Waals surface area contributed by atoms with Crippen LogP contribution in [-0.4, -0.2) is 12.2 Å². The van der Waals surface area contributed by atoms with Crippen molar-refractivity contribution in [1.29, 1.82) is 0 Å². The van der Waals surface area contributed by atoms with Crippen LogP contribution in [0.25, 0.3) is 0 Å². The number of aryl methyl sites for hydroxylation is 2. The molecule has 0 saturated carbocycles. The highest BCUT2D eigenvalue weighted by Crippen LogP contribution is 2.34. The summed E-state index contributed by atoms with van der Waals surface area (Å²) in [6.07, 6.45) is -0.815. The minimum atomic E-state index is -0.815.